The van der Waals surface area contributed by atoms with Crippen LogP contribution >= 0.6 is 27.3 Å². The van der Waals surface area contributed by atoms with E-state index in [0.717, 1.165) is 9.35 Å². The maximum absolute atomic E-state index is 12.9. The van der Waals surface area contributed by atoms with Crippen LogP contribution in [0.25, 0.3) is 0 Å². The van der Waals surface area contributed by atoms with E-state index >= 15 is 0 Å². The Bertz CT molecular complexity index is 600. The van der Waals surface area contributed by atoms with Crippen LogP contribution in [0.15, 0.2) is 9.85 Å². The van der Waals surface area contributed by atoms with Crippen LogP contribution < -0.4 is 11.3 Å². The maximum atomic E-state index is 12.9. The molecule has 1 rings (SSSR count). The van der Waals surface area contributed by atoms with Crippen molar-refractivity contribution in [2.75, 3.05) is 13.2 Å². The Labute approximate surface area is 153 Å². The number of carbonyl (C=O) groups excluding carboxylic acids is 3. The van der Waals surface area contributed by atoms with Gasteiger partial charge in [-0.05, 0) is 54.8 Å². The third-order valence-corrected chi connectivity index (χ3v) is 5.48. The lowest BCUT2D eigenvalue weighted by Crippen LogP contribution is -2.61. The highest BCUT2D eigenvalue weighted by atomic mass is 79.9. The summed E-state index contributed by atoms with van der Waals surface area (Å²) in [5.74, 6) is 3.68. The van der Waals surface area contributed by atoms with Gasteiger partial charge >= 0.3 is 11.9 Å². The minimum absolute atomic E-state index is 0.0854. The van der Waals surface area contributed by atoms with Crippen molar-refractivity contribution in [1.82, 2.24) is 5.43 Å². The van der Waals surface area contributed by atoms with Gasteiger partial charge in [-0.2, -0.15) is 0 Å². The van der Waals surface area contributed by atoms with Gasteiger partial charge in [-0.25, -0.2) is 10.2 Å². The summed E-state index contributed by atoms with van der Waals surface area (Å²) < 4.78 is 10.6. The van der Waals surface area contributed by atoms with Crippen molar-refractivity contribution in [2.45, 2.75) is 39.2 Å². The van der Waals surface area contributed by atoms with E-state index in [0.29, 0.717) is 4.88 Å². The molecule has 0 aliphatic rings. The Morgan fingerprint density at radius 2 is 1.92 bits per heavy atom. The molecule has 24 heavy (non-hydrogen) atoms. The number of hydrogen-bond acceptors (Lipinski definition) is 8. The van der Waals surface area contributed by atoms with Crippen LogP contribution in [0.4, 0.5) is 0 Å². The summed E-state index contributed by atoms with van der Waals surface area (Å²) >= 11 is 4.54. The lowest BCUT2D eigenvalue weighted by molar-refractivity contribution is -0.150. The fourth-order valence-electron chi connectivity index (χ4n) is 2.06. The molecule has 0 radical (unpaired) electrons. The average Bonchev–Trinajstić information content (AvgIpc) is 2.88. The first-order valence-electron chi connectivity index (χ1n) is 7.43. The van der Waals surface area contributed by atoms with E-state index in [1.807, 2.05) is 6.92 Å². The molecule has 0 fully saturated rings. The van der Waals surface area contributed by atoms with Gasteiger partial charge in [0.05, 0.1) is 21.9 Å². The number of nitrogens with one attached hydrogen (secondary N) is 1. The van der Waals surface area contributed by atoms with E-state index in [9.17, 15) is 14.4 Å². The Kier molecular flexibility index (Phi) is 8.01. The van der Waals surface area contributed by atoms with E-state index < -0.39 is 23.3 Å². The second kappa shape index (κ2) is 9.26. The summed E-state index contributed by atoms with van der Waals surface area (Å²) in [4.78, 5) is 37.4. The van der Waals surface area contributed by atoms with E-state index in [1.54, 1.807) is 19.9 Å². The third-order valence-electron chi connectivity index (χ3n) is 3.35. The zero-order chi connectivity index (χ0) is 18.3. The summed E-state index contributed by atoms with van der Waals surface area (Å²) in [6.07, 6.45) is -0.303. The summed E-state index contributed by atoms with van der Waals surface area (Å²) in [7, 11) is 0. The fourth-order valence-corrected chi connectivity index (χ4v) is 3.62. The predicted octanol–water partition coefficient (Wildman–Crippen LogP) is 2.11. The number of rotatable bonds is 9. The number of ether oxygens (including phenoxy) is 2. The highest BCUT2D eigenvalue weighted by Gasteiger charge is 2.47. The minimum atomic E-state index is -1.83. The average molecular weight is 421 g/mol. The third kappa shape index (κ3) is 4.62. The number of carbonyl (C=O) groups is 3. The van der Waals surface area contributed by atoms with Gasteiger partial charge in [0.15, 0.2) is 5.54 Å². The Morgan fingerprint density at radius 3 is 2.38 bits per heavy atom. The molecule has 0 amide bonds. The van der Waals surface area contributed by atoms with Crippen LogP contribution in [0.3, 0.4) is 0 Å². The summed E-state index contributed by atoms with van der Waals surface area (Å²) in [5.41, 5.74) is 1.31. The minimum Gasteiger partial charge on any atom is -0.466 e. The molecule has 0 bridgehead atoms. The molecule has 1 aromatic rings. The first kappa shape index (κ1) is 20.8. The standard InChI is InChI=1S/C15H21BrN2O5S/c1-4-22-11(19)6-7-15(18-17,14(21)23-5-2)12(20)10-8-9(3)13(16)24-10/h8,18H,4-7,17H2,1-3H3/t15-/m1/s1. The van der Waals surface area contributed by atoms with Crippen molar-refractivity contribution in [3.63, 3.8) is 0 Å². The van der Waals surface area contributed by atoms with Crippen LogP contribution in [0.1, 0.15) is 41.9 Å². The summed E-state index contributed by atoms with van der Waals surface area (Å²) in [6, 6.07) is 1.66. The number of halogens is 1. The molecule has 0 unspecified atom stereocenters. The molecular formula is C15H21BrN2O5S. The Balaban J connectivity index is 3.17. The highest BCUT2D eigenvalue weighted by Crippen LogP contribution is 2.31. The number of thiophene rings is 1. The molecule has 7 nitrogen and oxygen atoms in total. The summed E-state index contributed by atoms with van der Waals surface area (Å²) in [5, 5.41) is 0. The number of nitrogens with two attached hydrogens (primary N) is 1. The van der Waals surface area contributed by atoms with Crippen molar-refractivity contribution in [3.8, 4) is 0 Å². The molecule has 0 spiro atoms. The molecule has 0 aliphatic carbocycles. The van der Waals surface area contributed by atoms with Crippen molar-refractivity contribution in [1.29, 1.82) is 0 Å². The quantitative estimate of drug-likeness (QED) is 0.207. The normalized spacial score (nSPS) is 13.2. The van der Waals surface area contributed by atoms with Gasteiger partial charge in [-0.3, -0.25) is 15.4 Å². The first-order valence-corrected chi connectivity index (χ1v) is 9.04. The number of Topliss-reactive ketones (excluding diaryl/α,β-unsaturated/α-hetero) is 1. The van der Waals surface area contributed by atoms with E-state index in [-0.39, 0.29) is 26.1 Å². The highest BCUT2D eigenvalue weighted by molar-refractivity contribution is 9.11. The predicted molar refractivity (Wildman–Crippen MR) is 93.6 cm³/mol. The van der Waals surface area contributed by atoms with Gasteiger partial charge in [-0.1, -0.05) is 0 Å². The maximum Gasteiger partial charge on any atom is 0.335 e. The Hall–Kier alpha value is -1.29. The molecule has 0 aromatic carbocycles. The van der Waals surface area contributed by atoms with E-state index in [1.165, 1.54) is 11.3 Å². The van der Waals surface area contributed by atoms with Crippen molar-refractivity contribution in [3.05, 3.63) is 20.3 Å². The van der Waals surface area contributed by atoms with E-state index in [4.69, 9.17) is 15.3 Å². The zero-order valence-corrected chi connectivity index (χ0v) is 16.2. The van der Waals surface area contributed by atoms with Crippen LogP contribution in [0.2, 0.25) is 0 Å². The van der Waals surface area contributed by atoms with Gasteiger partial charge in [-0.15, -0.1) is 11.3 Å². The fraction of sp³-hybridized carbons (Fsp3) is 0.533. The molecule has 1 aromatic heterocycles. The van der Waals surface area contributed by atoms with Crippen molar-refractivity contribution < 1.29 is 23.9 Å². The number of hydrazine groups is 1. The Morgan fingerprint density at radius 1 is 1.29 bits per heavy atom. The molecule has 1 heterocycles. The van der Waals surface area contributed by atoms with Gasteiger partial charge in [0.25, 0.3) is 0 Å². The lowest BCUT2D eigenvalue weighted by Gasteiger charge is -2.28. The molecule has 1 atom stereocenters. The van der Waals surface area contributed by atoms with Crippen molar-refractivity contribution in [2.24, 2.45) is 5.84 Å². The first-order chi connectivity index (χ1) is 11.3. The molecule has 134 valence electrons. The second-order valence-corrected chi connectivity index (χ2v) is 7.34. The number of ketones is 1. The SMILES string of the molecule is CCOC(=O)CC[C@](NN)(C(=O)OCC)C(=O)c1cc(C)c(Br)s1. The monoisotopic (exact) mass is 420 g/mol. The number of esters is 2. The molecule has 0 aliphatic heterocycles. The van der Waals surface area contributed by atoms with Crippen LogP contribution in [-0.4, -0.2) is 36.5 Å². The molecule has 0 saturated carbocycles. The molecule has 0 saturated heterocycles. The smallest absolute Gasteiger partial charge is 0.335 e. The lowest BCUT2D eigenvalue weighted by atomic mass is 9.88. The van der Waals surface area contributed by atoms with Crippen LogP contribution in [0.5, 0.6) is 0 Å². The molecular weight excluding hydrogens is 400 g/mol. The number of hydrogen-bond donors (Lipinski definition) is 2. The topological polar surface area (TPSA) is 108 Å². The van der Waals surface area contributed by atoms with Gasteiger partial charge in [0, 0.05) is 6.42 Å². The van der Waals surface area contributed by atoms with E-state index in [2.05, 4.69) is 21.4 Å². The zero-order valence-electron chi connectivity index (χ0n) is 13.8. The van der Waals surface area contributed by atoms with Crippen LogP contribution in [-0.2, 0) is 19.1 Å². The summed E-state index contributed by atoms with van der Waals surface area (Å²) in [6.45, 7) is 5.43. The van der Waals surface area contributed by atoms with Crippen LogP contribution in [0, 0.1) is 6.92 Å². The number of aryl methyl sites for hydroxylation is 1. The van der Waals surface area contributed by atoms with Gasteiger partial charge < -0.3 is 9.47 Å². The van der Waals surface area contributed by atoms with Gasteiger partial charge in [0.2, 0.25) is 5.78 Å². The second-order valence-electron chi connectivity index (χ2n) is 4.97. The largest absolute Gasteiger partial charge is 0.466 e. The molecule has 9 heteroatoms. The van der Waals surface area contributed by atoms with Gasteiger partial charge in [0.1, 0.15) is 0 Å². The molecule has 3 N–H and O–H groups in total. The van der Waals surface area contributed by atoms with Crippen molar-refractivity contribution >= 4 is 45.0 Å².